The van der Waals surface area contributed by atoms with Crippen molar-refractivity contribution in [2.24, 2.45) is 0 Å². The van der Waals surface area contributed by atoms with Crippen molar-refractivity contribution in [1.82, 2.24) is 5.32 Å². The molecule has 0 unspecified atom stereocenters. The molecule has 0 bridgehead atoms. The van der Waals surface area contributed by atoms with Crippen LogP contribution in [0.2, 0.25) is 0 Å². The summed E-state index contributed by atoms with van der Waals surface area (Å²) in [5.74, 6) is -1.17. The number of benzene rings is 1. The molecule has 0 aliphatic carbocycles. The van der Waals surface area contributed by atoms with E-state index in [0.29, 0.717) is 21.3 Å². The maximum absolute atomic E-state index is 11.8. The van der Waals surface area contributed by atoms with Crippen LogP contribution in [0.3, 0.4) is 0 Å². The van der Waals surface area contributed by atoms with Crippen molar-refractivity contribution >= 4 is 33.5 Å². The summed E-state index contributed by atoms with van der Waals surface area (Å²) in [5, 5.41) is 10.5. The lowest BCUT2D eigenvalue weighted by molar-refractivity contribution is -0.123. The van der Waals surface area contributed by atoms with Crippen LogP contribution in [0, 0.1) is 18.3 Å². The van der Waals surface area contributed by atoms with E-state index in [4.69, 9.17) is 15.7 Å². The van der Waals surface area contributed by atoms with Crippen molar-refractivity contribution in [3.63, 3.8) is 0 Å². The van der Waals surface area contributed by atoms with Gasteiger partial charge in [-0.1, -0.05) is 15.9 Å². The molecular formula is C12H12BrN3O3. The summed E-state index contributed by atoms with van der Waals surface area (Å²) < 4.78 is 5.49. The minimum atomic E-state index is -0.641. The van der Waals surface area contributed by atoms with Gasteiger partial charge in [0.2, 0.25) is 0 Å². The second-order valence-corrected chi connectivity index (χ2v) is 4.59. The standard InChI is InChI=1S/C12H12BrN3O3/c1-7-9(4-8(13)5-10(7)15)12(18)19-6-11(17)16-3-2-14/h4-5H,3,6,15H2,1H3,(H,16,17). The lowest BCUT2D eigenvalue weighted by Gasteiger charge is -2.09. The fourth-order valence-electron chi connectivity index (χ4n) is 1.31. The summed E-state index contributed by atoms with van der Waals surface area (Å²) >= 11 is 3.23. The quantitative estimate of drug-likeness (QED) is 0.490. The zero-order valence-electron chi connectivity index (χ0n) is 10.2. The zero-order chi connectivity index (χ0) is 14.4. The van der Waals surface area contributed by atoms with Gasteiger partial charge < -0.3 is 15.8 Å². The third-order valence-corrected chi connectivity index (χ3v) is 2.79. The zero-order valence-corrected chi connectivity index (χ0v) is 11.8. The first-order valence-electron chi connectivity index (χ1n) is 5.32. The smallest absolute Gasteiger partial charge is 0.339 e. The van der Waals surface area contributed by atoms with Gasteiger partial charge in [-0.05, 0) is 24.6 Å². The van der Waals surface area contributed by atoms with E-state index in [1.807, 2.05) is 0 Å². The topological polar surface area (TPSA) is 105 Å². The third kappa shape index (κ3) is 4.26. The average Bonchev–Trinajstić information content (AvgIpc) is 2.37. The maximum Gasteiger partial charge on any atom is 0.339 e. The summed E-state index contributed by atoms with van der Waals surface area (Å²) in [7, 11) is 0. The molecule has 0 aliphatic rings. The van der Waals surface area contributed by atoms with Crippen molar-refractivity contribution in [1.29, 1.82) is 5.26 Å². The Labute approximate surface area is 118 Å². The molecule has 100 valence electrons. The Bertz CT molecular complexity index is 552. The number of halogens is 1. The van der Waals surface area contributed by atoms with Crippen LogP contribution in [0.5, 0.6) is 0 Å². The molecule has 1 rings (SSSR count). The van der Waals surface area contributed by atoms with E-state index < -0.39 is 18.5 Å². The Kier molecular flexibility index (Phi) is 5.33. The van der Waals surface area contributed by atoms with Crippen LogP contribution in [0.1, 0.15) is 15.9 Å². The highest BCUT2D eigenvalue weighted by Gasteiger charge is 2.15. The molecule has 0 spiro atoms. The number of carbonyl (C=O) groups is 2. The van der Waals surface area contributed by atoms with Gasteiger partial charge in [0.1, 0.15) is 6.54 Å². The van der Waals surface area contributed by atoms with E-state index in [9.17, 15) is 9.59 Å². The number of esters is 1. The number of nitrogens with zero attached hydrogens (tertiary/aromatic N) is 1. The molecule has 0 aliphatic heterocycles. The molecule has 1 aromatic rings. The molecule has 3 N–H and O–H groups in total. The Balaban J connectivity index is 2.69. The molecule has 0 saturated carbocycles. The van der Waals surface area contributed by atoms with Crippen molar-refractivity contribution in [3.8, 4) is 6.07 Å². The van der Waals surface area contributed by atoms with Crippen LogP contribution in [-0.4, -0.2) is 25.0 Å². The number of hydrogen-bond acceptors (Lipinski definition) is 5. The van der Waals surface area contributed by atoms with Crippen molar-refractivity contribution in [2.75, 3.05) is 18.9 Å². The summed E-state index contributed by atoms with van der Waals surface area (Å²) in [5.41, 5.74) is 7.06. The number of nitrogens with two attached hydrogens (primary N) is 1. The fourth-order valence-corrected chi connectivity index (χ4v) is 1.79. The molecule has 7 heteroatoms. The fraction of sp³-hybridized carbons (Fsp3) is 0.250. The van der Waals surface area contributed by atoms with Gasteiger partial charge in [-0.15, -0.1) is 0 Å². The van der Waals surface area contributed by atoms with Crippen LogP contribution in [0.15, 0.2) is 16.6 Å². The van der Waals surface area contributed by atoms with E-state index in [0.717, 1.165) is 0 Å². The molecule has 0 heterocycles. The Morgan fingerprint density at radius 1 is 1.53 bits per heavy atom. The van der Waals surface area contributed by atoms with E-state index in [1.165, 1.54) is 0 Å². The number of nitriles is 1. The Hall–Kier alpha value is -2.07. The minimum Gasteiger partial charge on any atom is -0.452 e. The number of anilines is 1. The van der Waals surface area contributed by atoms with Crippen LogP contribution < -0.4 is 11.1 Å². The highest BCUT2D eigenvalue weighted by molar-refractivity contribution is 9.10. The van der Waals surface area contributed by atoms with Gasteiger partial charge in [-0.2, -0.15) is 5.26 Å². The largest absolute Gasteiger partial charge is 0.452 e. The predicted molar refractivity (Wildman–Crippen MR) is 72.2 cm³/mol. The van der Waals surface area contributed by atoms with E-state index in [1.54, 1.807) is 25.1 Å². The first-order chi connectivity index (χ1) is 8.95. The first-order valence-corrected chi connectivity index (χ1v) is 6.11. The van der Waals surface area contributed by atoms with Crippen molar-refractivity contribution in [2.45, 2.75) is 6.92 Å². The maximum atomic E-state index is 11.8. The normalized spacial score (nSPS) is 9.53. The van der Waals surface area contributed by atoms with E-state index >= 15 is 0 Å². The van der Waals surface area contributed by atoms with Crippen LogP contribution in [-0.2, 0) is 9.53 Å². The minimum absolute atomic E-state index is 0.126. The summed E-state index contributed by atoms with van der Waals surface area (Å²) in [6.45, 7) is 1.12. The molecule has 0 radical (unpaired) electrons. The second kappa shape index (κ2) is 6.75. The van der Waals surface area contributed by atoms with Crippen molar-refractivity contribution < 1.29 is 14.3 Å². The molecule has 0 fully saturated rings. The average molecular weight is 326 g/mol. The van der Waals surface area contributed by atoms with Gasteiger partial charge >= 0.3 is 5.97 Å². The number of rotatable bonds is 4. The Morgan fingerprint density at radius 3 is 2.84 bits per heavy atom. The number of nitrogen functional groups attached to an aromatic ring is 1. The van der Waals surface area contributed by atoms with Crippen LogP contribution in [0.25, 0.3) is 0 Å². The summed E-state index contributed by atoms with van der Waals surface area (Å²) in [4.78, 5) is 23.0. The lowest BCUT2D eigenvalue weighted by Crippen LogP contribution is -2.29. The molecule has 0 aromatic heterocycles. The Morgan fingerprint density at radius 2 is 2.21 bits per heavy atom. The number of carbonyl (C=O) groups excluding carboxylic acids is 2. The van der Waals surface area contributed by atoms with Crippen LogP contribution >= 0.6 is 15.9 Å². The molecule has 1 amide bonds. The first kappa shape index (κ1) is 15.0. The summed E-state index contributed by atoms with van der Waals surface area (Å²) in [6, 6.07) is 4.99. The number of amides is 1. The molecule has 19 heavy (non-hydrogen) atoms. The number of nitrogens with one attached hydrogen (secondary N) is 1. The SMILES string of the molecule is Cc1c(N)cc(Br)cc1C(=O)OCC(=O)NCC#N. The van der Waals surface area contributed by atoms with E-state index in [-0.39, 0.29) is 6.54 Å². The van der Waals surface area contributed by atoms with Crippen molar-refractivity contribution in [3.05, 3.63) is 27.7 Å². The lowest BCUT2D eigenvalue weighted by atomic mass is 10.1. The van der Waals surface area contributed by atoms with Gasteiger partial charge in [0.25, 0.3) is 5.91 Å². The monoisotopic (exact) mass is 325 g/mol. The van der Waals surface area contributed by atoms with Gasteiger partial charge in [0.05, 0.1) is 11.6 Å². The third-order valence-electron chi connectivity index (χ3n) is 2.33. The molecule has 6 nitrogen and oxygen atoms in total. The predicted octanol–water partition coefficient (Wildman–Crippen LogP) is 1.14. The van der Waals surface area contributed by atoms with E-state index in [2.05, 4.69) is 21.2 Å². The molecule has 0 saturated heterocycles. The number of ether oxygens (including phenoxy) is 1. The van der Waals surface area contributed by atoms with Gasteiger partial charge in [0, 0.05) is 10.2 Å². The highest BCUT2D eigenvalue weighted by atomic mass is 79.9. The van der Waals surface area contributed by atoms with Crippen LogP contribution in [0.4, 0.5) is 5.69 Å². The van der Waals surface area contributed by atoms with Gasteiger partial charge in [0.15, 0.2) is 6.61 Å². The van der Waals surface area contributed by atoms with Gasteiger partial charge in [-0.25, -0.2) is 4.79 Å². The number of hydrogen-bond donors (Lipinski definition) is 2. The second-order valence-electron chi connectivity index (χ2n) is 3.68. The molecule has 1 aromatic carbocycles. The summed E-state index contributed by atoms with van der Waals surface area (Å²) in [6.07, 6.45) is 0. The molecular weight excluding hydrogens is 314 g/mol. The van der Waals surface area contributed by atoms with Gasteiger partial charge in [-0.3, -0.25) is 4.79 Å². The highest BCUT2D eigenvalue weighted by Crippen LogP contribution is 2.23. The molecule has 0 atom stereocenters.